The number of amidine groups is 2. The first kappa shape index (κ1) is 67.9. The van der Waals surface area contributed by atoms with E-state index in [1.165, 1.54) is 84.3 Å². The molecule has 2 fully saturated rings. The number of thiazole rings is 2. The van der Waals surface area contributed by atoms with Crippen LogP contribution in [0.1, 0.15) is 87.1 Å². The zero-order valence-electron chi connectivity index (χ0n) is 45.6. The highest BCUT2D eigenvalue weighted by Gasteiger charge is 2.39. The summed E-state index contributed by atoms with van der Waals surface area (Å²) in [7, 11) is 26.4. The van der Waals surface area contributed by atoms with Gasteiger partial charge >= 0.3 is 17.9 Å². The van der Waals surface area contributed by atoms with Crippen molar-refractivity contribution in [1.82, 2.24) is 50.4 Å². The zero-order chi connectivity index (χ0) is 60.5. The number of aryl methyl sites for hydroxylation is 2. The van der Waals surface area contributed by atoms with Gasteiger partial charge in [-0.1, -0.05) is 42.8 Å². The molecule has 0 spiro atoms. The molecule has 4 aliphatic rings. The number of hydrogen-bond acceptors (Lipinski definition) is 17. The number of carbonyl (C=O) groups is 4. The van der Waals surface area contributed by atoms with Crippen LogP contribution >= 0.6 is 45.9 Å². The smallest absolute Gasteiger partial charge is 0.338 e. The number of aromatic nitrogens is 6. The second kappa shape index (κ2) is 32.4. The minimum atomic E-state index is -0.942. The summed E-state index contributed by atoms with van der Waals surface area (Å²) in [5.41, 5.74) is 3.96. The van der Waals surface area contributed by atoms with Gasteiger partial charge in [0.1, 0.15) is 23.7 Å². The monoisotopic (exact) mass is 1220 g/mol. The molecule has 1 amide bonds. The largest absolute Gasteiger partial charge is 0.478 e. The molecule has 2 saturated heterocycles. The molecule has 32 heteroatoms. The van der Waals surface area contributed by atoms with E-state index in [0.29, 0.717) is 88.3 Å². The number of nitrogens with zero attached hydrogens (tertiary/aromatic N) is 9. The first-order valence-corrected chi connectivity index (χ1v) is 27.9. The third kappa shape index (κ3) is 17.6. The Kier molecular flexibility index (Phi) is 26.2. The molecule has 0 aliphatic carbocycles. The molecule has 2 aromatic carbocycles. The van der Waals surface area contributed by atoms with E-state index >= 15 is 0 Å². The highest BCUT2D eigenvalue weighted by molar-refractivity contribution is 7.76. The lowest BCUT2D eigenvalue weighted by Crippen LogP contribution is -2.43. The Balaban J connectivity index is 0.000000242. The maximum atomic E-state index is 13.8. The normalized spacial score (nSPS) is 16.7. The van der Waals surface area contributed by atoms with Gasteiger partial charge in [-0.2, -0.15) is 10.2 Å². The quantitative estimate of drug-likeness (QED) is 0.0831. The Morgan fingerprint density at radius 2 is 1.11 bits per heavy atom. The van der Waals surface area contributed by atoms with Crippen LogP contribution in [0, 0.1) is 23.5 Å². The first-order valence-electron chi connectivity index (χ1n) is 25.4. The molecule has 432 valence electrons. The van der Waals surface area contributed by atoms with Gasteiger partial charge in [-0.25, -0.2) is 33.1 Å². The standard InChI is InChI=1S/C25H24ClFN6O3S.C20H20ClFN4O2S.C5H6N2O2.CH3F.CH4.B6/c1-32-13-15(12-29-32)24(34)33-8-5-14(6-9-33)20-19(25(35)36-2)21(17-4-3-16(27)11-18(17)26)31-22(30-20)23-28-7-10-37-23;1-28-20(27)15-16(11-4-6-23-7-5-11)25-18(19-24-8-9-29-19)26-17(15)13-3-2-12(22)10-14(13)21;1-7-3-4(2-6-7)5(8)9;1-2;;1-5(2)6(3)4/h3-4,7,10-14,21H,5-6,8-9H2,1-2H3,(H,30,31);2-3,8-11,17,23H,4-7H2,1H3,(H,25,26);2-3H,1H3,(H,8,9);1H3;1H4;. The number of nitrogens with one attached hydrogen (secondary N) is 3. The number of allylic oxidation sites excluding steroid dienone is 2. The van der Waals surface area contributed by atoms with Crippen molar-refractivity contribution >= 4 is 125 Å². The van der Waals surface area contributed by atoms with E-state index in [0.717, 1.165) is 31.6 Å². The molecule has 6 aromatic rings. The minimum Gasteiger partial charge on any atom is -0.478 e. The van der Waals surface area contributed by atoms with Crippen LogP contribution in [-0.4, -0.2) is 166 Å². The van der Waals surface area contributed by atoms with E-state index in [4.69, 9.17) is 78.7 Å². The van der Waals surface area contributed by atoms with Gasteiger partial charge in [0.25, 0.3) is 5.91 Å². The Bertz CT molecular complexity index is 3320. The molecule has 4 N–H and O–H groups in total. The van der Waals surface area contributed by atoms with Crippen LogP contribution in [0.25, 0.3) is 0 Å². The highest BCUT2D eigenvalue weighted by Crippen LogP contribution is 2.42. The van der Waals surface area contributed by atoms with Gasteiger partial charge in [0.05, 0.1) is 56.1 Å². The highest BCUT2D eigenvalue weighted by atomic mass is 35.5. The fraction of sp³-hybridized carbons (Fsp3) is 0.346. The van der Waals surface area contributed by atoms with Gasteiger partial charge in [-0.15, -0.1) is 22.7 Å². The second-order valence-electron chi connectivity index (χ2n) is 18.5. The van der Waals surface area contributed by atoms with Crippen molar-refractivity contribution in [1.29, 1.82) is 0 Å². The average Bonchev–Trinajstić information content (AvgIpc) is 4.31. The average molecular weight is 1220 g/mol. The predicted molar refractivity (Wildman–Crippen MR) is 326 cm³/mol. The number of piperidine rings is 2. The number of aliphatic imine (C=N–C) groups is 2. The van der Waals surface area contributed by atoms with Crippen LogP contribution in [0.3, 0.4) is 0 Å². The molecule has 2 unspecified atom stereocenters. The molecule has 0 bridgehead atoms. The number of halogens is 5. The molecule has 84 heavy (non-hydrogen) atoms. The number of alkyl halides is 1. The molecule has 4 aromatic heterocycles. The van der Waals surface area contributed by atoms with Gasteiger partial charge in [0.2, 0.25) is 0 Å². The van der Waals surface area contributed by atoms with Gasteiger partial charge in [-0.3, -0.25) is 28.5 Å². The zero-order valence-corrected chi connectivity index (χ0v) is 48.8. The first-order chi connectivity index (χ1) is 39.8. The summed E-state index contributed by atoms with van der Waals surface area (Å²) in [4.78, 5) is 69.1. The van der Waals surface area contributed by atoms with Crippen molar-refractivity contribution in [2.75, 3.05) is 47.6 Å². The maximum Gasteiger partial charge on any atom is 0.338 e. The summed E-state index contributed by atoms with van der Waals surface area (Å²) in [6.45, 7) is 2.72. The Morgan fingerprint density at radius 3 is 1.44 bits per heavy atom. The number of benzene rings is 2. The Hall–Kier alpha value is -6.86. The number of rotatable bonds is 11. The molecule has 10 rings (SSSR count). The Morgan fingerprint density at radius 1 is 0.690 bits per heavy atom. The Labute approximate surface area is 509 Å². The van der Waals surface area contributed by atoms with Crippen LogP contribution in [-0.2, 0) is 33.2 Å². The van der Waals surface area contributed by atoms with E-state index < -0.39 is 54.4 Å². The van der Waals surface area contributed by atoms with E-state index in [2.05, 4.69) is 36.1 Å². The van der Waals surface area contributed by atoms with Crippen molar-refractivity contribution in [2.24, 2.45) is 35.9 Å². The van der Waals surface area contributed by atoms with Gasteiger partial charge in [-0.05, 0) is 63.0 Å². The number of aromatic carboxylic acids is 1. The van der Waals surface area contributed by atoms with E-state index in [1.54, 1.807) is 54.5 Å². The van der Waals surface area contributed by atoms with Gasteiger partial charge < -0.3 is 35.4 Å². The van der Waals surface area contributed by atoms with Crippen molar-refractivity contribution in [3.8, 4) is 0 Å². The lowest BCUT2D eigenvalue weighted by molar-refractivity contribution is -0.137. The van der Waals surface area contributed by atoms with Crippen molar-refractivity contribution in [2.45, 2.75) is 45.2 Å². The van der Waals surface area contributed by atoms with Gasteiger partial charge in [0, 0.05) is 151 Å². The lowest BCUT2D eigenvalue weighted by atomic mass is 8.81. The molecule has 0 saturated carbocycles. The molecule has 19 nitrogen and oxygen atoms in total. The summed E-state index contributed by atoms with van der Waals surface area (Å²) >= 11 is 15.6. The number of ether oxygens (including phenoxy) is 2. The van der Waals surface area contributed by atoms with Crippen LogP contribution in [0.15, 0.2) is 117 Å². The van der Waals surface area contributed by atoms with Gasteiger partial charge in [0.15, 0.2) is 21.7 Å². The third-order valence-corrected chi connectivity index (χ3v) is 15.2. The van der Waals surface area contributed by atoms with Crippen LogP contribution in [0.4, 0.5) is 13.2 Å². The summed E-state index contributed by atoms with van der Waals surface area (Å²) in [6, 6.07) is 6.63. The molecule has 2 atom stereocenters. The van der Waals surface area contributed by atoms with E-state index in [9.17, 15) is 32.3 Å². The molecular weight excluding hydrogens is 1160 g/mol. The van der Waals surface area contributed by atoms with E-state index in [1.807, 2.05) is 10.8 Å². The molecule has 8 heterocycles. The number of carboxylic acids is 1. The molecular formula is C52H57B6Cl2F3N12O7S2. The fourth-order valence-corrected chi connectivity index (χ4v) is 10.7. The molecule has 8 radical (unpaired) electrons. The molecule has 4 aliphatic heterocycles. The lowest BCUT2D eigenvalue weighted by Gasteiger charge is -2.36. The minimum absolute atomic E-state index is 0. The second-order valence-corrected chi connectivity index (χ2v) is 21.1. The third-order valence-electron chi connectivity index (χ3n) is 13.0. The van der Waals surface area contributed by atoms with Crippen molar-refractivity contribution in [3.05, 3.63) is 161 Å². The number of carboxylic acid groups (broad SMARTS) is 1. The summed E-state index contributed by atoms with van der Waals surface area (Å²) in [5.74, 6) is -1.85. The number of hydrogen-bond donors (Lipinski definition) is 4. The summed E-state index contributed by atoms with van der Waals surface area (Å²) < 4.78 is 50.3. The number of likely N-dealkylation sites (tertiary alicyclic amines) is 1. The van der Waals surface area contributed by atoms with Crippen molar-refractivity contribution in [3.63, 3.8) is 0 Å². The number of methoxy groups -OCH3 is 2. The van der Waals surface area contributed by atoms with Crippen LogP contribution in [0.2, 0.25) is 10.0 Å². The van der Waals surface area contributed by atoms with Crippen molar-refractivity contribution < 1.29 is 46.9 Å². The number of esters is 2. The summed E-state index contributed by atoms with van der Waals surface area (Å²) in [5, 5.41) is 31.6. The number of carbonyl (C=O) groups excluding carboxylic acids is 3. The summed E-state index contributed by atoms with van der Waals surface area (Å²) in [6.07, 6.45) is 11.2. The van der Waals surface area contributed by atoms with Crippen LogP contribution in [0.5, 0.6) is 0 Å². The van der Waals surface area contributed by atoms with Crippen LogP contribution < -0.4 is 16.0 Å². The fourth-order valence-electron chi connectivity index (χ4n) is 8.97. The predicted octanol–water partition coefficient (Wildman–Crippen LogP) is 6.25. The SMILES string of the molecule is C.CF.COC(=O)C1=C(C2CCN(C(=O)c3cnn(C)c3)CC2)NC(c2nccs2)=NC1c1ccc(F)cc1Cl.COC(=O)C1=C(C2CCNCC2)NC(c2nccs2)=NC1c1ccc(F)cc1Cl.Cn1cc(C(=O)O)cn1.[B]B([B])B([B])[B]. The topological polar surface area (TPSA) is 232 Å². The van der Waals surface area contributed by atoms with E-state index in [-0.39, 0.29) is 40.8 Å². The number of amides is 1. The maximum absolute atomic E-state index is 13.8.